The zero-order valence-corrected chi connectivity index (χ0v) is 19.3. The van der Waals surface area contributed by atoms with Gasteiger partial charge in [0, 0.05) is 49.4 Å². The maximum Gasteiger partial charge on any atom is 0.253 e. The summed E-state index contributed by atoms with van der Waals surface area (Å²) in [5, 5.41) is 2.98. The molecule has 0 bridgehead atoms. The molecule has 1 aromatic heterocycles. The van der Waals surface area contributed by atoms with Crippen molar-refractivity contribution < 1.29 is 14.4 Å². The molecule has 0 radical (unpaired) electrons. The third-order valence-corrected chi connectivity index (χ3v) is 6.74. The number of carbonyl (C=O) groups excluding carboxylic acids is 3. The Morgan fingerprint density at radius 1 is 1.12 bits per heavy atom. The molecule has 0 spiro atoms. The van der Waals surface area contributed by atoms with Crippen LogP contribution in [0.25, 0.3) is 11.0 Å². The Labute approximate surface area is 198 Å². The van der Waals surface area contributed by atoms with Crippen molar-refractivity contribution in [2.45, 2.75) is 39.0 Å². The predicted molar refractivity (Wildman–Crippen MR) is 131 cm³/mol. The molecule has 2 aliphatic rings. The van der Waals surface area contributed by atoms with Crippen molar-refractivity contribution in [2.24, 2.45) is 5.92 Å². The second-order valence-electron chi connectivity index (χ2n) is 9.24. The number of nitrogens with one attached hydrogen (secondary N) is 2. The minimum Gasteiger partial charge on any atom is -0.342 e. The van der Waals surface area contributed by atoms with Gasteiger partial charge in [0.05, 0.1) is 11.0 Å². The van der Waals surface area contributed by atoms with Crippen molar-refractivity contribution in [1.82, 2.24) is 14.9 Å². The Kier molecular flexibility index (Phi) is 6.04. The maximum absolute atomic E-state index is 13.0. The summed E-state index contributed by atoms with van der Waals surface area (Å²) >= 11 is 0. The molecule has 2 aromatic carbocycles. The number of aromatic nitrogens is 2. The van der Waals surface area contributed by atoms with E-state index in [1.165, 1.54) is 0 Å². The summed E-state index contributed by atoms with van der Waals surface area (Å²) in [4.78, 5) is 48.8. The quantitative estimate of drug-likeness (QED) is 0.605. The molecule has 3 amide bonds. The van der Waals surface area contributed by atoms with Crippen LogP contribution in [0.4, 0.5) is 11.4 Å². The van der Waals surface area contributed by atoms with Crippen molar-refractivity contribution in [1.29, 1.82) is 0 Å². The number of piperidine rings is 1. The number of aryl methyl sites for hydroxylation is 1. The number of amides is 3. The fourth-order valence-corrected chi connectivity index (χ4v) is 4.94. The van der Waals surface area contributed by atoms with Crippen LogP contribution in [0.2, 0.25) is 0 Å². The summed E-state index contributed by atoms with van der Waals surface area (Å²) in [7, 11) is 0. The largest absolute Gasteiger partial charge is 0.342 e. The number of aromatic amines is 1. The molecule has 0 atom stereocenters. The van der Waals surface area contributed by atoms with E-state index < -0.39 is 0 Å². The lowest BCUT2D eigenvalue weighted by Crippen LogP contribution is -2.39. The molecular weight excluding hydrogens is 430 g/mol. The van der Waals surface area contributed by atoms with Gasteiger partial charge in [-0.25, -0.2) is 4.98 Å². The molecule has 2 saturated heterocycles. The number of carbonyl (C=O) groups is 3. The number of hydrogen-bond acceptors (Lipinski definition) is 4. The maximum atomic E-state index is 13.0. The van der Waals surface area contributed by atoms with Gasteiger partial charge in [-0.3, -0.25) is 14.4 Å². The highest BCUT2D eigenvalue weighted by Crippen LogP contribution is 2.26. The second kappa shape index (κ2) is 9.29. The Bertz CT molecular complexity index is 1240. The van der Waals surface area contributed by atoms with E-state index in [1.54, 1.807) is 4.90 Å². The fourth-order valence-electron chi connectivity index (χ4n) is 4.94. The summed E-state index contributed by atoms with van der Waals surface area (Å²) in [6, 6.07) is 13.0. The van der Waals surface area contributed by atoms with Crippen molar-refractivity contribution in [2.75, 3.05) is 29.9 Å². The number of H-pyrrole nitrogens is 1. The molecule has 2 N–H and O–H groups in total. The molecule has 3 heterocycles. The van der Waals surface area contributed by atoms with Crippen LogP contribution in [0.15, 0.2) is 42.5 Å². The summed E-state index contributed by atoms with van der Waals surface area (Å²) < 4.78 is 0. The van der Waals surface area contributed by atoms with Crippen molar-refractivity contribution in [3.8, 4) is 0 Å². The van der Waals surface area contributed by atoms with Gasteiger partial charge in [0.15, 0.2) is 0 Å². The first-order chi connectivity index (χ1) is 16.5. The highest BCUT2D eigenvalue weighted by atomic mass is 16.2. The van der Waals surface area contributed by atoms with Gasteiger partial charge in [-0.1, -0.05) is 6.07 Å². The van der Waals surface area contributed by atoms with Crippen molar-refractivity contribution in [3.05, 3.63) is 53.9 Å². The number of benzene rings is 2. The van der Waals surface area contributed by atoms with E-state index in [2.05, 4.69) is 15.3 Å². The lowest BCUT2D eigenvalue weighted by Gasteiger charge is -2.31. The second-order valence-corrected chi connectivity index (χ2v) is 9.24. The van der Waals surface area contributed by atoms with Crippen LogP contribution < -0.4 is 10.2 Å². The zero-order chi connectivity index (χ0) is 23.7. The zero-order valence-electron chi connectivity index (χ0n) is 19.3. The topological polar surface area (TPSA) is 98.4 Å². The Morgan fingerprint density at radius 2 is 1.94 bits per heavy atom. The number of imidazole rings is 1. The van der Waals surface area contributed by atoms with E-state index in [0.29, 0.717) is 37.2 Å². The third-order valence-electron chi connectivity index (χ3n) is 6.74. The Balaban J connectivity index is 1.13. The normalized spacial score (nSPS) is 16.9. The molecule has 0 unspecified atom stereocenters. The van der Waals surface area contributed by atoms with E-state index in [0.717, 1.165) is 48.4 Å². The molecule has 3 aromatic rings. The van der Waals surface area contributed by atoms with Crippen LogP contribution in [0, 0.1) is 12.8 Å². The van der Waals surface area contributed by atoms with Crippen LogP contribution in [0.3, 0.4) is 0 Å². The lowest BCUT2D eigenvalue weighted by molar-refractivity contribution is -0.118. The van der Waals surface area contributed by atoms with Gasteiger partial charge in [0.1, 0.15) is 5.82 Å². The highest BCUT2D eigenvalue weighted by Gasteiger charge is 2.26. The Hall–Kier alpha value is -3.68. The molecule has 0 saturated carbocycles. The third kappa shape index (κ3) is 4.66. The number of fused-ring (bicyclic) bond motifs is 1. The molecule has 2 aliphatic heterocycles. The van der Waals surface area contributed by atoms with Gasteiger partial charge in [-0.2, -0.15) is 0 Å². The van der Waals surface area contributed by atoms with Gasteiger partial charge in [0.2, 0.25) is 11.8 Å². The molecule has 2 fully saturated rings. The molecule has 176 valence electrons. The minimum absolute atomic E-state index is 0.0188. The smallest absolute Gasteiger partial charge is 0.253 e. The summed E-state index contributed by atoms with van der Waals surface area (Å²) in [5.41, 5.74) is 3.92. The Morgan fingerprint density at radius 3 is 2.71 bits per heavy atom. The van der Waals surface area contributed by atoms with Gasteiger partial charge in [-0.05, 0) is 68.5 Å². The van der Waals surface area contributed by atoms with Crippen LogP contribution in [0.5, 0.6) is 0 Å². The minimum atomic E-state index is -0.0326. The van der Waals surface area contributed by atoms with Crippen LogP contribution in [0.1, 0.15) is 48.3 Å². The fraction of sp³-hybridized carbons (Fsp3) is 0.385. The molecular formula is C26H29N5O3. The van der Waals surface area contributed by atoms with E-state index in [1.807, 2.05) is 54.3 Å². The number of likely N-dealkylation sites (tertiary alicyclic amines) is 1. The molecule has 34 heavy (non-hydrogen) atoms. The van der Waals surface area contributed by atoms with E-state index in [9.17, 15) is 14.4 Å². The standard InChI is InChI=1S/C26H29N5O3/c1-17-27-22-8-7-19(15-23(22)28-17)26(34)30-12-9-18(10-13-30)14-24(32)29-20-4-2-5-21(16-20)31-11-3-6-25(31)33/h2,4-5,7-8,15-16,18H,3,6,9-14H2,1H3,(H,27,28)(H,29,32). The van der Waals surface area contributed by atoms with Crippen molar-refractivity contribution in [3.63, 3.8) is 0 Å². The summed E-state index contributed by atoms with van der Waals surface area (Å²) in [5.74, 6) is 1.18. The van der Waals surface area contributed by atoms with Crippen LogP contribution >= 0.6 is 0 Å². The van der Waals surface area contributed by atoms with E-state index >= 15 is 0 Å². The highest BCUT2D eigenvalue weighted by molar-refractivity contribution is 5.98. The van der Waals surface area contributed by atoms with Crippen molar-refractivity contribution >= 4 is 40.1 Å². The molecule has 0 aliphatic carbocycles. The van der Waals surface area contributed by atoms with Gasteiger partial charge < -0.3 is 20.1 Å². The molecule has 5 rings (SSSR count). The average molecular weight is 460 g/mol. The van der Waals surface area contributed by atoms with Gasteiger partial charge >= 0.3 is 0 Å². The van der Waals surface area contributed by atoms with Crippen LogP contribution in [-0.4, -0.2) is 52.2 Å². The van der Waals surface area contributed by atoms with E-state index in [-0.39, 0.29) is 23.6 Å². The monoisotopic (exact) mass is 459 g/mol. The van der Waals surface area contributed by atoms with Gasteiger partial charge in [0.25, 0.3) is 5.91 Å². The lowest BCUT2D eigenvalue weighted by atomic mass is 9.92. The summed E-state index contributed by atoms with van der Waals surface area (Å²) in [6.07, 6.45) is 3.47. The number of rotatable bonds is 5. The number of anilines is 2. The molecule has 8 nitrogen and oxygen atoms in total. The van der Waals surface area contributed by atoms with Gasteiger partial charge in [-0.15, -0.1) is 0 Å². The SMILES string of the molecule is Cc1nc2ccc(C(=O)N3CCC(CC(=O)Nc4cccc(N5CCCC5=O)c4)CC3)cc2[nH]1. The van der Waals surface area contributed by atoms with Crippen LogP contribution in [-0.2, 0) is 9.59 Å². The number of hydrogen-bond donors (Lipinski definition) is 2. The first kappa shape index (κ1) is 22.1. The first-order valence-electron chi connectivity index (χ1n) is 11.9. The molecule has 8 heteroatoms. The number of nitrogens with zero attached hydrogens (tertiary/aromatic N) is 3. The average Bonchev–Trinajstić information content (AvgIpc) is 3.43. The van der Waals surface area contributed by atoms with E-state index in [4.69, 9.17) is 0 Å². The first-order valence-corrected chi connectivity index (χ1v) is 11.9. The predicted octanol–water partition coefficient (Wildman–Crippen LogP) is 3.88. The summed E-state index contributed by atoms with van der Waals surface area (Å²) in [6.45, 7) is 3.91.